The standard InChI is InChI=1S/C30H30Cl2N4O5/c1-17-5-9-19(10-6-17)28(37)39-16-23-22(41-29(38)20-11-7-18(2)8-12-20)14-24(40-23)36-15-21(4-3-13-31)25-26(32)34-30(33)35-27(25)36/h5-12,15,22-24H,3-4,13-14,16H2,1-2H3,(H2,33,34,35)/t22-,23+,24+/m0/s1. The lowest BCUT2D eigenvalue weighted by molar-refractivity contribution is -0.0562. The summed E-state index contributed by atoms with van der Waals surface area (Å²) in [5, 5.41) is 0.900. The van der Waals surface area contributed by atoms with Gasteiger partial charge >= 0.3 is 11.9 Å². The van der Waals surface area contributed by atoms with Crippen molar-refractivity contribution >= 4 is 52.1 Å². The normalized spacial score (nSPS) is 18.5. The van der Waals surface area contributed by atoms with Crippen LogP contribution in [0.3, 0.4) is 0 Å². The van der Waals surface area contributed by atoms with E-state index in [1.54, 1.807) is 24.3 Å². The zero-order chi connectivity index (χ0) is 29.1. The molecule has 0 aliphatic carbocycles. The van der Waals surface area contributed by atoms with Crippen LogP contribution in [0.5, 0.6) is 0 Å². The molecule has 3 heterocycles. The number of benzene rings is 2. The van der Waals surface area contributed by atoms with Crippen LogP contribution in [0.4, 0.5) is 5.95 Å². The highest BCUT2D eigenvalue weighted by molar-refractivity contribution is 6.34. The number of aromatic nitrogens is 3. The van der Waals surface area contributed by atoms with E-state index in [0.29, 0.717) is 34.5 Å². The van der Waals surface area contributed by atoms with Crippen molar-refractivity contribution in [2.75, 3.05) is 18.2 Å². The van der Waals surface area contributed by atoms with Crippen molar-refractivity contribution in [3.05, 3.63) is 87.7 Å². The van der Waals surface area contributed by atoms with E-state index in [9.17, 15) is 9.59 Å². The highest BCUT2D eigenvalue weighted by Gasteiger charge is 2.41. The van der Waals surface area contributed by atoms with Gasteiger partial charge in [0.25, 0.3) is 0 Å². The summed E-state index contributed by atoms with van der Waals surface area (Å²) in [5.41, 5.74) is 10.2. The quantitative estimate of drug-likeness (QED) is 0.146. The Balaban J connectivity index is 1.42. The minimum Gasteiger partial charge on any atom is -0.459 e. The van der Waals surface area contributed by atoms with Crippen LogP contribution in [-0.4, -0.2) is 51.2 Å². The van der Waals surface area contributed by atoms with Gasteiger partial charge in [-0.2, -0.15) is 4.98 Å². The Kier molecular flexibility index (Phi) is 8.77. The molecule has 2 N–H and O–H groups in total. The molecule has 0 amide bonds. The van der Waals surface area contributed by atoms with E-state index in [-0.39, 0.29) is 24.1 Å². The zero-order valence-electron chi connectivity index (χ0n) is 22.7. The minimum absolute atomic E-state index is 0.0228. The Bertz CT molecular complexity index is 1560. The van der Waals surface area contributed by atoms with Crippen LogP contribution in [0.1, 0.15) is 56.5 Å². The van der Waals surface area contributed by atoms with Gasteiger partial charge in [-0.05, 0) is 56.5 Å². The van der Waals surface area contributed by atoms with Crippen LogP contribution in [0, 0.1) is 13.8 Å². The number of rotatable bonds is 9. The predicted octanol–water partition coefficient (Wildman–Crippen LogP) is 5.83. The number of nitrogens with zero attached hydrogens (tertiary/aromatic N) is 3. The van der Waals surface area contributed by atoms with Crippen LogP contribution in [-0.2, 0) is 20.6 Å². The molecule has 2 aromatic heterocycles. The van der Waals surface area contributed by atoms with Gasteiger partial charge in [-0.25, -0.2) is 14.6 Å². The molecule has 11 heteroatoms. The SMILES string of the molecule is Cc1ccc(C(=O)OC[C@H]2O[C@@H](n3cc(CCCCl)c4c(Cl)nc(N)nc43)C[C@@H]2OC(=O)c2ccc(C)cc2)cc1. The summed E-state index contributed by atoms with van der Waals surface area (Å²) in [7, 11) is 0. The van der Waals surface area contributed by atoms with E-state index < -0.39 is 30.4 Å². The molecular formula is C30H30Cl2N4O5. The van der Waals surface area contributed by atoms with E-state index in [1.165, 1.54) is 0 Å². The largest absolute Gasteiger partial charge is 0.459 e. The van der Waals surface area contributed by atoms with Crippen molar-refractivity contribution in [3.63, 3.8) is 0 Å². The van der Waals surface area contributed by atoms with Gasteiger partial charge in [0.05, 0.1) is 16.5 Å². The summed E-state index contributed by atoms with van der Waals surface area (Å²) in [6.07, 6.45) is 1.50. The second-order valence-electron chi connectivity index (χ2n) is 10.1. The van der Waals surface area contributed by atoms with Crippen molar-refractivity contribution in [1.82, 2.24) is 14.5 Å². The number of alkyl halides is 1. The molecule has 0 saturated carbocycles. The maximum atomic E-state index is 13.1. The molecule has 2 aromatic carbocycles. The van der Waals surface area contributed by atoms with Crippen molar-refractivity contribution in [2.24, 2.45) is 0 Å². The molecule has 5 rings (SSSR count). The van der Waals surface area contributed by atoms with Crippen molar-refractivity contribution in [1.29, 1.82) is 0 Å². The molecule has 41 heavy (non-hydrogen) atoms. The molecule has 0 spiro atoms. The predicted molar refractivity (Wildman–Crippen MR) is 156 cm³/mol. The van der Waals surface area contributed by atoms with E-state index in [4.69, 9.17) is 43.1 Å². The van der Waals surface area contributed by atoms with Gasteiger partial charge in [0.1, 0.15) is 35.8 Å². The fraction of sp³-hybridized carbons (Fsp3) is 0.333. The van der Waals surface area contributed by atoms with Crippen LogP contribution >= 0.6 is 23.2 Å². The smallest absolute Gasteiger partial charge is 0.338 e. The van der Waals surface area contributed by atoms with Gasteiger partial charge in [0.2, 0.25) is 5.95 Å². The lowest BCUT2D eigenvalue weighted by Crippen LogP contribution is -2.32. The Labute approximate surface area is 247 Å². The Morgan fingerprint density at radius 3 is 2.29 bits per heavy atom. The fourth-order valence-electron chi connectivity index (χ4n) is 4.83. The maximum Gasteiger partial charge on any atom is 0.338 e. The van der Waals surface area contributed by atoms with Gasteiger partial charge in [0, 0.05) is 18.5 Å². The summed E-state index contributed by atoms with van der Waals surface area (Å²) < 4.78 is 19.7. The molecule has 3 atom stereocenters. The first-order valence-electron chi connectivity index (χ1n) is 13.3. The maximum absolute atomic E-state index is 13.1. The van der Waals surface area contributed by atoms with Crippen LogP contribution in [0.25, 0.3) is 11.0 Å². The number of anilines is 1. The number of esters is 2. The lowest BCUT2D eigenvalue weighted by Gasteiger charge is -2.19. The number of hydrogen-bond acceptors (Lipinski definition) is 8. The number of carbonyl (C=O) groups excluding carboxylic acids is 2. The van der Waals surface area contributed by atoms with E-state index in [2.05, 4.69) is 9.97 Å². The highest BCUT2D eigenvalue weighted by Crippen LogP contribution is 2.37. The van der Waals surface area contributed by atoms with Crippen molar-refractivity contribution in [3.8, 4) is 0 Å². The van der Waals surface area contributed by atoms with Gasteiger partial charge < -0.3 is 24.5 Å². The lowest BCUT2D eigenvalue weighted by atomic mass is 10.1. The molecule has 1 saturated heterocycles. The first kappa shape index (κ1) is 28.9. The minimum atomic E-state index is -0.734. The third kappa shape index (κ3) is 6.48. The topological polar surface area (TPSA) is 119 Å². The number of fused-ring (bicyclic) bond motifs is 1. The molecule has 0 bridgehead atoms. The van der Waals surface area contributed by atoms with Gasteiger partial charge in [-0.15, -0.1) is 11.6 Å². The van der Waals surface area contributed by atoms with Crippen molar-refractivity contribution in [2.45, 2.75) is 51.5 Å². The number of carbonyl (C=O) groups is 2. The number of nitrogens with two attached hydrogens (primary N) is 1. The number of nitrogen functional groups attached to an aromatic ring is 1. The molecular weight excluding hydrogens is 567 g/mol. The summed E-state index contributed by atoms with van der Waals surface area (Å²) in [6, 6.07) is 14.2. The molecule has 0 radical (unpaired) electrons. The molecule has 214 valence electrons. The Morgan fingerprint density at radius 1 is 1.02 bits per heavy atom. The second-order valence-corrected chi connectivity index (χ2v) is 10.8. The molecule has 1 aliphatic rings. The third-order valence-corrected chi connectivity index (χ3v) is 7.55. The van der Waals surface area contributed by atoms with Crippen LogP contribution in [0.2, 0.25) is 5.15 Å². The van der Waals surface area contributed by atoms with Crippen LogP contribution < -0.4 is 5.73 Å². The summed E-state index contributed by atoms with van der Waals surface area (Å²) in [5.74, 6) is -0.493. The average Bonchev–Trinajstić information content (AvgIpc) is 3.52. The fourth-order valence-corrected chi connectivity index (χ4v) is 5.26. The highest BCUT2D eigenvalue weighted by atomic mass is 35.5. The summed E-state index contributed by atoms with van der Waals surface area (Å²) >= 11 is 12.4. The van der Waals surface area contributed by atoms with Gasteiger partial charge in [-0.1, -0.05) is 47.0 Å². The van der Waals surface area contributed by atoms with Crippen molar-refractivity contribution < 1.29 is 23.8 Å². The first-order valence-corrected chi connectivity index (χ1v) is 14.2. The Morgan fingerprint density at radius 2 is 1.66 bits per heavy atom. The summed E-state index contributed by atoms with van der Waals surface area (Å²) in [6.45, 7) is 3.76. The van der Waals surface area contributed by atoms with Gasteiger partial charge in [-0.3, -0.25) is 0 Å². The van der Waals surface area contributed by atoms with E-state index >= 15 is 0 Å². The molecule has 0 unspecified atom stereocenters. The zero-order valence-corrected chi connectivity index (χ0v) is 24.2. The average molecular weight is 597 g/mol. The molecule has 1 aliphatic heterocycles. The van der Waals surface area contributed by atoms with E-state index in [1.807, 2.05) is 48.9 Å². The molecule has 4 aromatic rings. The number of aryl methyl sites for hydroxylation is 3. The summed E-state index contributed by atoms with van der Waals surface area (Å²) in [4.78, 5) is 34.4. The molecule has 1 fully saturated rings. The third-order valence-electron chi connectivity index (χ3n) is 7.01. The number of ether oxygens (including phenoxy) is 3. The Hall–Kier alpha value is -3.66. The first-order chi connectivity index (χ1) is 19.7. The number of halogens is 2. The number of hydrogen-bond donors (Lipinski definition) is 1. The second kappa shape index (κ2) is 12.5. The van der Waals surface area contributed by atoms with Gasteiger partial charge in [0.15, 0.2) is 0 Å². The van der Waals surface area contributed by atoms with Crippen LogP contribution in [0.15, 0.2) is 54.7 Å². The monoisotopic (exact) mass is 596 g/mol. The molecule has 9 nitrogen and oxygen atoms in total. The van der Waals surface area contributed by atoms with E-state index in [0.717, 1.165) is 23.1 Å².